The van der Waals surface area contributed by atoms with Crippen LogP contribution in [-0.2, 0) is 9.47 Å². The fourth-order valence-corrected chi connectivity index (χ4v) is 3.70. The summed E-state index contributed by atoms with van der Waals surface area (Å²) in [6, 6.07) is -0.0151. The molecule has 2 fully saturated rings. The van der Waals surface area contributed by atoms with Crippen molar-refractivity contribution >= 4 is 0 Å². The van der Waals surface area contributed by atoms with Crippen LogP contribution in [0.5, 0.6) is 0 Å². The summed E-state index contributed by atoms with van der Waals surface area (Å²) in [7, 11) is 0. The van der Waals surface area contributed by atoms with Crippen molar-refractivity contribution in [1.29, 1.82) is 0 Å². The molecule has 1 spiro atoms. The van der Waals surface area contributed by atoms with E-state index in [1.165, 1.54) is 12.8 Å². The van der Waals surface area contributed by atoms with Crippen LogP contribution in [-0.4, -0.2) is 44.2 Å². The Bertz CT molecular complexity index is 317. The summed E-state index contributed by atoms with van der Waals surface area (Å²) >= 11 is 0. The molecular weight excluding hydrogens is 283 g/mol. The number of hydrogen-bond donors (Lipinski definition) is 1. The van der Waals surface area contributed by atoms with Crippen molar-refractivity contribution in [3.05, 3.63) is 0 Å². The van der Waals surface area contributed by atoms with Gasteiger partial charge in [0.15, 0.2) is 0 Å². The lowest BCUT2D eigenvalue weighted by Crippen LogP contribution is -2.48. The Morgan fingerprint density at radius 1 is 1.33 bits per heavy atom. The molecule has 124 valence electrons. The molecule has 21 heavy (non-hydrogen) atoms. The Kier molecular flexibility index (Phi) is 5.91. The predicted octanol–water partition coefficient (Wildman–Crippen LogP) is 3.28. The third-order valence-corrected chi connectivity index (χ3v) is 4.64. The molecule has 2 rings (SSSR count). The van der Waals surface area contributed by atoms with Crippen molar-refractivity contribution in [2.24, 2.45) is 5.92 Å². The average molecular weight is 309 g/mol. The molecule has 1 heterocycles. The minimum absolute atomic E-state index is 0.0133. The van der Waals surface area contributed by atoms with Crippen LogP contribution >= 0.6 is 0 Å². The predicted molar refractivity (Wildman–Crippen MR) is 74.2 cm³/mol. The summed E-state index contributed by atoms with van der Waals surface area (Å²) in [5, 5.41) is 3.30. The number of halogens is 3. The highest BCUT2D eigenvalue weighted by atomic mass is 19.4. The Morgan fingerprint density at radius 3 is 2.67 bits per heavy atom. The van der Waals surface area contributed by atoms with Crippen molar-refractivity contribution in [3.63, 3.8) is 0 Å². The van der Waals surface area contributed by atoms with Crippen molar-refractivity contribution in [3.8, 4) is 0 Å². The number of nitrogens with one attached hydrogen (secondary N) is 1. The van der Waals surface area contributed by atoms with Crippen LogP contribution in [0, 0.1) is 5.92 Å². The Balaban J connectivity index is 1.87. The molecule has 0 amide bonds. The zero-order chi connectivity index (χ0) is 15.3. The topological polar surface area (TPSA) is 30.5 Å². The van der Waals surface area contributed by atoms with Gasteiger partial charge in [0, 0.05) is 12.6 Å². The highest BCUT2D eigenvalue weighted by Crippen LogP contribution is 2.42. The van der Waals surface area contributed by atoms with E-state index in [9.17, 15) is 13.2 Å². The van der Waals surface area contributed by atoms with Crippen molar-refractivity contribution in [2.75, 3.05) is 26.4 Å². The molecule has 0 bridgehead atoms. The van der Waals surface area contributed by atoms with E-state index < -0.39 is 12.8 Å². The number of hydrogen-bond acceptors (Lipinski definition) is 3. The molecule has 0 aromatic rings. The van der Waals surface area contributed by atoms with Crippen molar-refractivity contribution in [1.82, 2.24) is 5.32 Å². The minimum Gasteiger partial charge on any atom is -0.375 e. The summed E-state index contributed by atoms with van der Waals surface area (Å²) in [5.41, 5.74) is -0.0133. The molecule has 1 N–H and O–H groups in total. The maximum atomic E-state index is 12.2. The Labute approximate surface area is 124 Å². The van der Waals surface area contributed by atoms with E-state index in [0.29, 0.717) is 12.5 Å². The van der Waals surface area contributed by atoms with E-state index >= 15 is 0 Å². The lowest BCUT2D eigenvalue weighted by Gasteiger charge is -2.41. The van der Waals surface area contributed by atoms with E-state index in [1.54, 1.807) is 0 Å². The third kappa shape index (κ3) is 5.11. The smallest absolute Gasteiger partial charge is 0.375 e. The first-order valence-electron chi connectivity index (χ1n) is 7.96. The van der Waals surface area contributed by atoms with E-state index in [1.807, 2.05) is 6.92 Å². The third-order valence-electron chi connectivity index (χ3n) is 4.64. The van der Waals surface area contributed by atoms with Crippen LogP contribution in [0.3, 0.4) is 0 Å². The first kappa shape index (κ1) is 17.0. The van der Waals surface area contributed by atoms with Gasteiger partial charge in [-0.3, -0.25) is 0 Å². The number of alkyl halides is 3. The van der Waals surface area contributed by atoms with Crippen LogP contribution < -0.4 is 5.32 Å². The van der Waals surface area contributed by atoms with Gasteiger partial charge in [-0.25, -0.2) is 0 Å². The van der Waals surface area contributed by atoms with Crippen molar-refractivity contribution < 1.29 is 22.6 Å². The van der Waals surface area contributed by atoms with E-state index in [4.69, 9.17) is 9.47 Å². The van der Waals surface area contributed by atoms with E-state index in [0.717, 1.165) is 32.2 Å². The van der Waals surface area contributed by atoms with Gasteiger partial charge in [-0.2, -0.15) is 13.2 Å². The molecule has 2 unspecified atom stereocenters. The maximum absolute atomic E-state index is 12.2. The summed E-state index contributed by atoms with van der Waals surface area (Å²) in [6.07, 6.45) is 2.16. The first-order chi connectivity index (χ1) is 9.94. The van der Waals surface area contributed by atoms with Gasteiger partial charge in [0.05, 0.1) is 12.2 Å². The fourth-order valence-electron chi connectivity index (χ4n) is 3.70. The van der Waals surface area contributed by atoms with Gasteiger partial charge in [-0.15, -0.1) is 0 Å². The van der Waals surface area contributed by atoms with Crippen LogP contribution in [0.25, 0.3) is 0 Å². The van der Waals surface area contributed by atoms with Gasteiger partial charge >= 0.3 is 6.18 Å². The molecule has 0 radical (unpaired) electrons. The molecule has 0 aromatic carbocycles. The zero-order valence-corrected chi connectivity index (χ0v) is 12.7. The SMILES string of the molecule is CCNC(COCC(F)(F)F)C1CCOC2(CCCC2)C1. The van der Waals surface area contributed by atoms with E-state index in [2.05, 4.69) is 5.32 Å². The number of rotatable bonds is 6. The van der Waals surface area contributed by atoms with Crippen molar-refractivity contribution in [2.45, 2.75) is 63.3 Å². The zero-order valence-electron chi connectivity index (χ0n) is 12.7. The second kappa shape index (κ2) is 7.29. The maximum Gasteiger partial charge on any atom is 0.411 e. The molecule has 1 aliphatic carbocycles. The van der Waals surface area contributed by atoms with Gasteiger partial charge in [-0.05, 0) is 38.1 Å². The summed E-state index contributed by atoms with van der Waals surface area (Å²) in [6.45, 7) is 2.38. The standard InChI is InChI=1S/C15H26F3NO2/c1-2-19-13(10-20-11-15(16,17)18)12-5-8-21-14(9-12)6-3-4-7-14/h12-13,19H,2-11H2,1H3. The van der Waals surface area contributed by atoms with Crippen LogP contribution in [0.15, 0.2) is 0 Å². The highest BCUT2D eigenvalue weighted by Gasteiger charge is 2.42. The second-order valence-electron chi connectivity index (χ2n) is 6.29. The quantitative estimate of drug-likeness (QED) is 0.817. The molecule has 3 nitrogen and oxygen atoms in total. The lowest BCUT2D eigenvalue weighted by molar-refractivity contribution is -0.177. The minimum atomic E-state index is -4.25. The molecule has 1 saturated carbocycles. The lowest BCUT2D eigenvalue weighted by atomic mass is 9.80. The normalized spacial score (nSPS) is 27.1. The molecule has 1 aliphatic heterocycles. The molecule has 2 aliphatic rings. The van der Waals surface area contributed by atoms with Gasteiger partial charge in [-0.1, -0.05) is 19.8 Å². The van der Waals surface area contributed by atoms with Crippen LogP contribution in [0.2, 0.25) is 0 Å². The summed E-state index contributed by atoms with van der Waals surface area (Å²) < 4.78 is 47.5. The van der Waals surface area contributed by atoms with Gasteiger partial charge in [0.1, 0.15) is 6.61 Å². The summed E-state index contributed by atoms with van der Waals surface area (Å²) in [5.74, 6) is 0.338. The molecule has 2 atom stereocenters. The number of likely N-dealkylation sites (N-methyl/N-ethyl adjacent to an activating group) is 1. The first-order valence-corrected chi connectivity index (χ1v) is 7.96. The Morgan fingerprint density at radius 2 is 2.05 bits per heavy atom. The average Bonchev–Trinajstić information content (AvgIpc) is 2.84. The largest absolute Gasteiger partial charge is 0.411 e. The Hall–Kier alpha value is -0.330. The second-order valence-corrected chi connectivity index (χ2v) is 6.29. The summed E-state index contributed by atoms with van der Waals surface area (Å²) in [4.78, 5) is 0. The van der Waals surface area contributed by atoms with Gasteiger partial charge in [0.25, 0.3) is 0 Å². The molecule has 0 aromatic heterocycles. The van der Waals surface area contributed by atoms with Crippen LogP contribution in [0.1, 0.15) is 45.4 Å². The monoisotopic (exact) mass is 309 g/mol. The number of ether oxygens (including phenoxy) is 2. The fraction of sp³-hybridized carbons (Fsp3) is 1.00. The van der Waals surface area contributed by atoms with Gasteiger partial charge in [0.2, 0.25) is 0 Å². The van der Waals surface area contributed by atoms with Gasteiger partial charge < -0.3 is 14.8 Å². The molecule has 6 heteroatoms. The van der Waals surface area contributed by atoms with E-state index in [-0.39, 0.29) is 18.2 Å². The molecular formula is C15H26F3NO2. The van der Waals surface area contributed by atoms with Crippen LogP contribution in [0.4, 0.5) is 13.2 Å². The molecule has 1 saturated heterocycles. The highest BCUT2D eigenvalue weighted by molar-refractivity contribution is 4.94.